The van der Waals surface area contributed by atoms with Crippen molar-refractivity contribution in [2.45, 2.75) is 25.4 Å². The van der Waals surface area contributed by atoms with E-state index in [-0.39, 0.29) is 11.8 Å². The summed E-state index contributed by atoms with van der Waals surface area (Å²) >= 11 is 0. The molecule has 1 aliphatic rings. The van der Waals surface area contributed by atoms with Crippen molar-refractivity contribution in [3.63, 3.8) is 0 Å². The largest absolute Gasteiger partial charge is 0.493 e. The fourth-order valence-electron chi connectivity index (χ4n) is 3.67. The van der Waals surface area contributed by atoms with Gasteiger partial charge >= 0.3 is 0 Å². The molecule has 0 spiro atoms. The number of hydrogen-bond acceptors (Lipinski definition) is 4. The van der Waals surface area contributed by atoms with E-state index in [0.29, 0.717) is 31.1 Å². The molecule has 2 heterocycles. The quantitative estimate of drug-likeness (QED) is 0.669. The Balaban J connectivity index is 1.32. The van der Waals surface area contributed by atoms with Crippen molar-refractivity contribution in [1.29, 1.82) is 0 Å². The second-order valence-corrected chi connectivity index (χ2v) is 7.25. The summed E-state index contributed by atoms with van der Waals surface area (Å²) in [6, 6.07) is 19.5. The molecular formula is C23H25N3O3. The molecular weight excluding hydrogens is 366 g/mol. The van der Waals surface area contributed by atoms with Crippen LogP contribution in [0.4, 0.5) is 0 Å². The van der Waals surface area contributed by atoms with Crippen molar-refractivity contribution in [2.75, 3.05) is 20.2 Å². The van der Waals surface area contributed by atoms with Crippen LogP contribution in [0.2, 0.25) is 0 Å². The highest BCUT2D eigenvalue weighted by Gasteiger charge is 2.28. The number of H-pyrrole nitrogens is 1. The van der Waals surface area contributed by atoms with Crippen molar-refractivity contribution in [3.8, 4) is 11.5 Å². The van der Waals surface area contributed by atoms with Crippen LogP contribution in [0.1, 0.15) is 29.3 Å². The van der Waals surface area contributed by atoms with E-state index in [2.05, 4.69) is 10.2 Å². The molecule has 0 unspecified atom stereocenters. The SMILES string of the molecule is COc1ccccc1OCc1cc([C@@H]2CCN(C(=O)Cc3ccccc3)C2)n[nH]1. The summed E-state index contributed by atoms with van der Waals surface area (Å²) in [5, 5.41) is 7.51. The van der Waals surface area contributed by atoms with E-state index in [0.717, 1.165) is 29.9 Å². The zero-order valence-corrected chi connectivity index (χ0v) is 16.5. The van der Waals surface area contributed by atoms with Crippen LogP contribution in [0, 0.1) is 0 Å². The maximum atomic E-state index is 12.6. The van der Waals surface area contributed by atoms with E-state index in [1.807, 2.05) is 65.6 Å². The second-order valence-electron chi connectivity index (χ2n) is 7.25. The number of ether oxygens (including phenoxy) is 2. The number of hydrogen-bond donors (Lipinski definition) is 1. The van der Waals surface area contributed by atoms with Crippen LogP contribution in [-0.4, -0.2) is 41.2 Å². The Labute approximate surface area is 170 Å². The van der Waals surface area contributed by atoms with Gasteiger partial charge in [0.2, 0.25) is 5.91 Å². The molecule has 3 aromatic rings. The lowest BCUT2D eigenvalue weighted by Gasteiger charge is -2.16. The fraction of sp³-hybridized carbons (Fsp3) is 0.304. The number of para-hydroxylation sites is 2. The van der Waals surface area contributed by atoms with Crippen LogP contribution in [0.5, 0.6) is 11.5 Å². The Kier molecular flexibility index (Phi) is 5.79. The van der Waals surface area contributed by atoms with Gasteiger partial charge in [-0.2, -0.15) is 5.10 Å². The first-order valence-corrected chi connectivity index (χ1v) is 9.84. The Bertz CT molecular complexity index is 955. The number of benzene rings is 2. The van der Waals surface area contributed by atoms with Gasteiger partial charge in [0.1, 0.15) is 6.61 Å². The molecule has 1 aliphatic heterocycles. The van der Waals surface area contributed by atoms with Gasteiger partial charge < -0.3 is 14.4 Å². The summed E-state index contributed by atoms with van der Waals surface area (Å²) in [4.78, 5) is 14.5. The topological polar surface area (TPSA) is 67.5 Å². The van der Waals surface area contributed by atoms with E-state index >= 15 is 0 Å². The molecule has 6 heteroatoms. The van der Waals surface area contributed by atoms with Gasteiger partial charge in [-0.15, -0.1) is 0 Å². The fourth-order valence-corrected chi connectivity index (χ4v) is 3.67. The van der Waals surface area contributed by atoms with Crippen molar-refractivity contribution < 1.29 is 14.3 Å². The Morgan fingerprint density at radius 2 is 1.90 bits per heavy atom. The molecule has 1 amide bonds. The number of carbonyl (C=O) groups excluding carboxylic acids is 1. The van der Waals surface area contributed by atoms with Crippen LogP contribution in [0.15, 0.2) is 60.7 Å². The zero-order valence-electron chi connectivity index (χ0n) is 16.5. The number of amides is 1. The number of likely N-dealkylation sites (tertiary alicyclic amines) is 1. The van der Waals surface area contributed by atoms with E-state index in [1.54, 1.807) is 7.11 Å². The van der Waals surface area contributed by atoms with E-state index in [1.165, 1.54) is 0 Å². The van der Waals surface area contributed by atoms with Crippen LogP contribution in [0.25, 0.3) is 0 Å². The molecule has 0 saturated carbocycles. The van der Waals surface area contributed by atoms with Crippen molar-refractivity contribution >= 4 is 5.91 Å². The normalized spacial score (nSPS) is 16.0. The summed E-state index contributed by atoms with van der Waals surface area (Å²) in [5.74, 6) is 1.83. The van der Waals surface area contributed by atoms with Gasteiger partial charge in [0, 0.05) is 19.0 Å². The average molecular weight is 391 g/mol. The lowest BCUT2D eigenvalue weighted by atomic mass is 10.1. The molecule has 1 atom stereocenters. The van der Waals surface area contributed by atoms with Gasteiger partial charge in [-0.1, -0.05) is 42.5 Å². The van der Waals surface area contributed by atoms with E-state index < -0.39 is 0 Å². The minimum atomic E-state index is 0.175. The second kappa shape index (κ2) is 8.82. The standard InChI is InChI=1S/C23H25N3O3/c1-28-21-9-5-6-10-22(21)29-16-19-14-20(25-24-19)18-11-12-26(15-18)23(27)13-17-7-3-2-4-8-17/h2-10,14,18H,11-13,15-16H2,1H3,(H,24,25)/t18-/m1/s1. The predicted molar refractivity (Wildman–Crippen MR) is 110 cm³/mol. The van der Waals surface area contributed by atoms with Crippen molar-refractivity contribution in [1.82, 2.24) is 15.1 Å². The summed E-state index contributed by atoms with van der Waals surface area (Å²) in [6.45, 7) is 1.87. The smallest absolute Gasteiger partial charge is 0.227 e. The Morgan fingerprint density at radius 3 is 2.69 bits per heavy atom. The van der Waals surface area contributed by atoms with Gasteiger partial charge in [-0.05, 0) is 30.2 Å². The van der Waals surface area contributed by atoms with E-state index in [9.17, 15) is 4.79 Å². The number of nitrogens with one attached hydrogen (secondary N) is 1. The third kappa shape index (κ3) is 4.59. The highest BCUT2D eigenvalue weighted by atomic mass is 16.5. The van der Waals surface area contributed by atoms with Gasteiger partial charge in [0.05, 0.1) is 24.9 Å². The first-order chi connectivity index (χ1) is 14.2. The molecule has 0 radical (unpaired) electrons. The number of rotatable bonds is 7. The lowest BCUT2D eigenvalue weighted by molar-refractivity contribution is -0.129. The molecule has 6 nitrogen and oxygen atoms in total. The number of carbonyl (C=O) groups is 1. The minimum absolute atomic E-state index is 0.175. The predicted octanol–water partition coefficient (Wildman–Crippen LogP) is 3.56. The first-order valence-electron chi connectivity index (χ1n) is 9.84. The van der Waals surface area contributed by atoms with E-state index in [4.69, 9.17) is 9.47 Å². The summed E-state index contributed by atoms with van der Waals surface area (Å²) in [5.41, 5.74) is 2.94. The van der Waals surface area contributed by atoms with Crippen LogP contribution < -0.4 is 9.47 Å². The van der Waals surface area contributed by atoms with Gasteiger partial charge in [0.15, 0.2) is 11.5 Å². The van der Waals surface area contributed by atoms with Gasteiger partial charge in [0.25, 0.3) is 0 Å². The monoisotopic (exact) mass is 391 g/mol. The summed E-state index contributed by atoms with van der Waals surface area (Å²) < 4.78 is 11.2. The average Bonchev–Trinajstić information content (AvgIpc) is 3.43. The molecule has 1 saturated heterocycles. The van der Waals surface area contributed by atoms with Crippen LogP contribution >= 0.6 is 0 Å². The Hall–Kier alpha value is -3.28. The van der Waals surface area contributed by atoms with Crippen molar-refractivity contribution in [2.24, 2.45) is 0 Å². The highest BCUT2D eigenvalue weighted by Crippen LogP contribution is 2.28. The molecule has 4 rings (SSSR count). The molecule has 0 bridgehead atoms. The highest BCUT2D eigenvalue weighted by molar-refractivity contribution is 5.79. The molecule has 1 fully saturated rings. The number of aromatic amines is 1. The maximum Gasteiger partial charge on any atom is 0.227 e. The molecule has 1 aromatic heterocycles. The summed E-state index contributed by atoms with van der Waals surface area (Å²) in [7, 11) is 1.63. The third-order valence-corrected chi connectivity index (χ3v) is 5.26. The molecule has 29 heavy (non-hydrogen) atoms. The van der Waals surface area contributed by atoms with Gasteiger partial charge in [-0.25, -0.2) is 0 Å². The molecule has 1 N–H and O–H groups in total. The molecule has 0 aliphatic carbocycles. The third-order valence-electron chi connectivity index (χ3n) is 5.26. The molecule has 2 aromatic carbocycles. The first kappa shape index (κ1) is 19.1. The number of methoxy groups -OCH3 is 1. The number of nitrogens with zero attached hydrogens (tertiary/aromatic N) is 2. The zero-order chi connectivity index (χ0) is 20.1. The maximum absolute atomic E-state index is 12.6. The van der Waals surface area contributed by atoms with Crippen molar-refractivity contribution in [3.05, 3.63) is 77.6 Å². The Morgan fingerprint density at radius 1 is 1.14 bits per heavy atom. The lowest BCUT2D eigenvalue weighted by Crippen LogP contribution is -2.29. The van der Waals surface area contributed by atoms with Gasteiger partial charge in [-0.3, -0.25) is 9.89 Å². The minimum Gasteiger partial charge on any atom is -0.493 e. The molecule has 150 valence electrons. The van der Waals surface area contributed by atoms with Crippen LogP contribution in [0.3, 0.4) is 0 Å². The summed E-state index contributed by atoms with van der Waals surface area (Å²) in [6.07, 6.45) is 1.38. The van der Waals surface area contributed by atoms with Crippen LogP contribution in [-0.2, 0) is 17.8 Å². The number of aromatic nitrogens is 2.